The molecule has 0 radical (unpaired) electrons. The zero-order chi connectivity index (χ0) is 38.6. The number of piperazine rings is 1. The van der Waals surface area contributed by atoms with Crippen molar-refractivity contribution in [3.05, 3.63) is 129 Å². The number of hydrogen-bond acceptors (Lipinski definition) is 9. The Morgan fingerprint density at radius 1 is 0.818 bits per heavy atom. The summed E-state index contributed by atoms with van der Waals surface area (Å²) in [7, 11) is 0. The highest BCUT2D eigenvalue weighted by atomic mass is 16.7. The second-order valence-electron chi connectivity index (χ2n) is 14.3. The Hall–Kier alpha value is -5.14. The predicted octanol–water partition coefficient (Wildman–Crippen LogP) is 6.43. The maximum Gasteiger partial charge on any atom is 0.269 e. The minimum absolute atomic E-state index is 0.0149. The lowest BCUT2D eigenvalue weighted by Gasteiger charge is -2.41. The van der Waals surface area contributed by atoms with E-state index in [1.807, 2.05) is 48.5 Å². The number of hydrogen-bond donors (Lipinski definition) is 3. The fourth-order valence-corrected chi connectivity index (χ4v) is 7.13. The highest BCUT2D eigenvalue weighted by Gasteiger charge is 2.34. The molecule has 3 N–H and O–H groups in total. The fraction of sp³-hybridized carbons (Fsp3) is 0.395. The van der Waals surface area contributed by atoms with Crippen molar-refractivity contribution >= 4 is 23.2 Å². The standard InChI is InChI=1S/C43H51N5O7/c1-31(50)44-21-4-2-3-8-42(51)45-28-33-6-5-7-37(26-33)34-13-15-36(16-14-34)43-54-40(27-41(55-43)35-11-9-32(30-49)10-12-35)29-46-22-24-47(25-23-46)38-17-19-39(20-18-38)48(52)53/h5-7,9-20,26,40-41,43,49H,2-4,8,21-25,27-30H2,1H3,(H,44,50)(H,45,51). The van der Waals surface area contributed by atoms with E-state index in [2.05, 4.69) is 56.8 Å². The maximum absolute atomic E-state index is 12.4. The van der Waals surface area contributed by atoms with Crippen LogP contribution in [0.4, 0.5) is 11.4 Å². The zero-order valence-corrected chi connectivity index (χ0v) is 31.4. The largest absolute Gasteiger partial charge is 0.392 e. The molecule has 4 aromatic rings. The van der Waals surface area contributed by atoms with Gasteiger partial charge in [-0.15, -0.1) is 0 Å². The average Bonchev–Trinajstić information content (AvgIpc) is 3.21. The average molecular weight is 750 g/mol. The van der Waals surface area contributed by atoms with Gasteiger partial charge in [-0.1, -0.05) is 73.2 Å². The molecule has 0 saturated carbocycles. The molecule has 2 fully saturated rings. The normalized spacial score (nSPS) is 18.8. The van der Waals surface area contributed by atoms with Crippen molar-refractivity contribution in [2.24, 2.45) is 0 Å². The van der Waals surface area contributed by atoms with Gasteiger partial charge in [0.2, 0.25) is 11.8 Å². The van der Waals surface area contributed by atoms with Gasteiger partial charge in [0.1, 0.15) is 0 Å². The molecule has 0 bridgehead atoms. The lowest BCUT2D eigenvalue weighted by molar-refractivity contribution is -0.384. The molecule has 3 unspecified atom stereocenters. The number of nitrogens with zero attached hydrogens (tertiary/aromatic N) is 3. The van der Waals surface area contributed by atoms with Gasteiger partial charge in [-0.05, 0) is 58.9 Å². The van der Waals surface area contributed by atoms with Crippen molar-refractivity contribution in [2.45, 2.75) is 70.7 Å². The summed E-state index contributed by atoms with van der Waals surface area (Å²) in [5.41, 5.74) is 7.01. The molecule has 0 spiro atoms. The van der Waals surface area contributed by atoms with Crippen LogP contribution in [0.5, 0.6) is 0 Å². The van der Waals surface area contributed by atoms with Crippen molar-refractivity contribution in [1.82, 2.24) is 15.5 Å². The number of anilines is 1. The number of non-ortho nitro benzene ring substituents is 1. The molecule has 2 aliphatic rings. The molecule has 2 heterocycles. The van der Waals surface area contributed by atoms with Gasteiger partial charge in [0.25, 0.3) is 5.69 Å². The van der Waals surface area contributed by atoms with Crippen LogP contribution in [-0.4, -0.2) is 72.1 Å². The lowest BCUT2D eigenvalue weighted by Crippen LogP contribution is -2.49. The molecule has 3 atom stereocenters. The Kier molecular flexibility index (Phi) is 14.0. The Morgan fingerprint density at radius 3 is 2.24 bits per heavy atom. The first-order valence-corrected chi connectivity index (χ1v) is 19.2. The summed E-state index contributed by atoms with van der Waals surface area (Å²) in [5.74, 6) is -0.0112. The molecule has 290 valence electrons. The first-order valence-electron chi connectivity index (χ1n) is 19.2. The van der Waals surface area contributed by atoms with Gasteiger partial charge in [-0.3, -0.25) is 24.6 Å². The van der Waals surface area contributed by atoms with E-state index in [4.69, 9.17) is 9.47 Å². The Labute approximate surface area is 322 Å². The van der Waals surface area contributed by atoms with Crippen molar-refractivity contribution in [1.29, 1.82) is 0 Å². The summed E-state index contributed by atoms with van der Waals surface area (Å²) >= 11 is 0. The quantitative estimate of drug-likeness (QED) is 0.0670. The zero-order valence-electron chi connectivity index (χ0n) is 31.4. The summed E-state index contributed by atoms with van der Waals surface area (Å²) in [5, 5.41) is 26.5. The molecule has 0 aromatic heterocycles. The van der Waals surface area contributed by atoms with E-state index >= 15 is 0 Å². The number of nitro groups is 1. The number of rotatable bonds is 16. The second-order valence-corrected chi connectivity index (χ2v) is 14.3. The van der Waals surface area contributed by atoms with Crippen LogP contribution < -0.4 is 15.5 Å². The number of nitro benzene ring substituents is 1. The number of amides is 2. The molecule has 0 aliphatic carbocycles. The van der Waals surface area contributed by atoms with Crippen LogP contribution in [0.15, 0.2) is 97.1 Å². The Bertz CT molecular complexity index is 1860. The lowest BCUT2D eigenvalue weighted by atomic mass is 9.98. The Morgan fingerprint density at radius 2 is 1.55 bits per heavy atom. The summed E-state index contributed by atoms with van der Waals surface area (Å²) in [6, 6.07) is 31.1. The third-order valence-corrected chi connectivity index (χ3v) is 10.3. The van der Waals surface area contributed by atoms with Gasteiger partial charge in [-0.2, -0.15) is 0 Å². The van der Waals surface area contributed by atoms with Crippen LogP contribution in [0.3, 0.4) is 0 Å². The number of unbranched alkanes of at least 4 members (excludes halogenated alkanes) is 2. The maximum atomic E-state index is 12.4. The number of nitrogens with one attached hydrogen (secondary N) is 2. The van der Waals surface area contributed by atoms with Gasteiger partial charge in [0, 0.05) is 89.0 Å². The van der Waals surface area contributed by atoms with Crippen LogP contribution in [0.1, 0.15) is 73.7 Å². The highest BCUT2D eigenvalue weighted by molar-refractivity contribution is 5.76. The number of benzene rings is 4. The van der Waals surface area contributed by atoms with E-state index < -0.39 is 6.29 Å². The molecule has 2 amide bonds. The smallest absolute Gasteiger partial charge is 0.269 e. The van der Waals surface area contributed by atoms with E-state index in [0.717, 1.165) is 91.1 Å². The summed E-state index contributed by atoms with van der Waals surface area (Å²) in [6.45, 7) is 6.65. The molecule has 4 aromatic carbocycles. The SMILES string of the molecule is CC(=O)NCCCCCC(=O)NCc1cccc(-c2ccc(C3OC(CN4CCN(c5ccc([N+](=O)[O-])cc5)CC4)CC(c4ccc(CO)cc4)O3)cc2)c1. The third-order valence-electron chi connectivity index (χ3n) is 10.3. The molecule has 55 heavy (non-hydrogen) atoms. The van der Waals surface area contributed by atoms with Gasteiger partial charge in [0.15, 0.2) is 6.29 Å². The number of carbonyl (C=O) groups excluding carboxylic acids is 2. The summed E-state index contributed by atoms with van der Waals surface area (Å²) in [4.78, 5) is 38.8. The first kappa shape index (κ1) is 39.6. The topological polar surface area (TPSA) is 147 Å². The molecule has 2 aliphatic heterocycles. The highest BCUT2D eigenvalue weighted by Crippen LogP contribution is 2.39. The van der Waals surface area contributed by atoms with Gasteiger partial charge >= 0.3 is 0 Å². The van der Waals surface area contributed by atoms with E-state index in [1.165, 1.54) is 6.92 Å². The van der Waals surface area contributed by atoms with Crippen molar-refractivity contribution in [3.63, 3.8) is 0 Å². The second kappa shape index (κ2) is 19.4. The number of carbonyl (C=O) groups is 2. The van der Waals surface area contributed by atoms with Crippen molar-refractivity contribution in [3.8, 4) is 11.1 Å². The molecule has 12 heteroatoms. The van der Waals surface area contributed by atoms with E-state index in [0.29, 0.717) is 25.9 Å². The number of ether oxygens (including phenoxy) is 2. The molecule has 2 saturated heterocycles. The van der Waals surface area contributed by atoms with E-state index in [1.54, 1.807) is 12.1 Å². The van der Waals surface area contributed by atoms with Crippen LogP contribution in [0.2, 0.25) is 0 Å². The summed E-state index contributed by atoms with van der Waals surface area (Å²) < 4.78 is 13.3. The number of aliphatic hydroxyl groups is 1. The van der Waals surface area contributed by atoms with E-state index in [9.17, 15) is 24.8 Å². The van der Waals surface area contributed by atoms with Crippen molar-refractivity contribution in [2.75, 3.05) is 44.2 Å². The Balaban J connectivity index is 1.06. The molecular weight excluding hydrogens is 699 g/mol. The van der Waals surface area contributed by atoms with Crippen LogP contribution in [-0.2, 0) is 32.2 Å². The van der Waals surface area contributed by atoms with Gasteiger partial charge in [-0.25, -0.2) is 0 Å². The summed E-state index contributed by atoms with van der Waals surface area (Å²) in [6.07, 6.45) is 2.85. The molecule has 6 rings (SSSR count). The van der Waals surface area contributed by atoms with Crippen LogP contribution >= 0.6 is 0 Å². The fourth-order valence-electron chi connectivity index (χ4n) is 7.13. The monoisotopic (exact) mass is 749 g/mol. The van der Waals surface area contributed by atoms with Gasteiger partial charge < -0.3 is 30.1 Å². The van der Waals surface area contributed by atoms with Crippen LogP contribution in [0.25, 0.3) is 11.1 Å². The van der Waals surface area contributed by atoms with Crippen molar-refractivity contribution < 1.29 is 29.1 Å². The molecular formula is C43H51N5O7. The molecule has 12 nitrogen and oxygen atoms in total. The number of aliphatic hydroxyl groups excluding tert-OH is 1. The van der Waals surface area contributed by atoms with Gasteiger partial charge in [0.05, 0.1) is 23.7 Å². The third kappa shape index (κ3) is 11.4. The van der Waals surface area contributed by atoms with Crippen LogP contribution in [0, 0.1) is 10.1 Å². The first-order chi connectivity index (χ1) is 26.7. The van der Waals surface area contributed by atoms with E-state index in [-0.39, 0.29) is 41.2 Å². The predicted molar refractivity (Wildman–Crippen MR) is 211 cm³/mol. The minimum Gasteiger partial charge on any atom is -0.392 e. The minimum atomic E-state index is -0.566.